The molecule has 0 aliphatic heterocycles. The number of thioether (sulfide) groups is 1. The van der Waals surface area contributed by atoms with Gasteiger partial charge in [0, 0.05) is 41.2 Å². The number of hydrogen-bond acceptors (Lipinski definition) is 8. The molecular formula is C32H49N3O5S. The van der Waals surface area contributed by atoms with Crippen LogP contribution in [0.4, 0.5) is 0 Å². The van der Waals surface area contributed by atoms with Crippen molar-refractivity contribution in [2.45, 2.75) is 89.7 Å². The third-order valence-corrected chi connectivity index (χ3v) is 12.0. The van der Waals surface area contributed by atoms with Gasteiger partial charge in [-0.1, -0.05) is 39.8 Å². The Hall–Kier alpha value is -1.94. The molecule has 4 rings (SSSR count). The molecule has 0 saturated heterocycles. The smallest absolute Gasteiger partial charge is 0.316 e. The summed E-state index contributed by atoms with van der Waals surface area (Å²) in [6.45, 7) is 9.83. The van der Waals surface area contributed by atoms with Crippen molar-refractivity contribution >= 4 is 29.4 Å². The molecule has 3 aliphatic rings. The summed E-state index contributed by atoms with van der Waals surface area (Å²) in [5.41, 5.74) is 11.2. The molecule has 0 heterocycles. The van der Waals surface area contributed by atoms with E-state index in [0.717, 1.165) is 36.1 Å². The van der Waals surface area contributed by atoms with E-state index in [0.29, 0.717) is 32.4 Å². The summed E-state index contributed by atoms with van der Waals surface area (Å²) in [4.78, 5) is 39.9. The lowest BCUT2D eigenvalue weighted by Gasteiger charge is -2.62. The first kappa shape index (κ1) is 32.0. The van der Waals surface area contributed by atoms with Gasteiger partial charge < -0.3 is 26.6 Å². The van der Waals surface area contributed by atoms with E-state index in [1.807, 2.05) is 31.2 Å². The van der Waals surface area contributed by atoms with Crippen LogP contribution >= 0.6 is 11.8 Å². The topological polar surface area (TPSA) is 145 Å². The van der Waals surface area contributed by atoms with Gasteiger partial charge in [0.1, 0.15) is 11.9 Å². The highest BCUT2D eigenvalue weighted by molar-refractivity contribution is 8.00. The third kappa shape index (κ3) is 6.10. The zero-order valence-electron chi connectivity index (χ0n) is 25.1. The largest absolute Gasteiger partial charge is 0.461 e. The lowest BCUT2D eigenvalue weighted by atomic mass is 9.44. The van der Waals surface area contributed by atoms with Crippen LogP contribution < -0.4 is 16.8 Å². The van der Waals surface area contributed by atoms with Crippen molar-refractivity contribution in [2.75, 3.05) is 25.4 Å². The molecule has 0 radical (unpaired) electrons. The first-order valence-corrected chi connectivity index (χ1v) is 16.2. The molecule has 1 aromatic rings. The monoisotopic (exact) mass is 587 g/mol. The zero-order chi connectivity index (χ0) is 30.0. The van der Waals surface area contributed by atoms with Crippen LogP contribution in [0.25, 0.3) is 0 Å². The Kier molecular flexibility index (Phi) is 9.94. The molecule has 8 atom stereocenters. The highest BCUT2D eigenvalue weighted by atomic mass is 32.2. The van der Waals surface area contributed by atoms with Crippen LogP contribution in [0.3, 0.4) is 0 Å². The van der Waals surface area contributed by atoms with Crippen LogP contribution in [-0.2, 0) is 25.5 Å². The zero-order valence-corrected chi connectivity index (χ0v) is 25.9. The van der Waals surface area contributed by atoms with Gasteiger partial charge in [0.05, 0.1) is 18.3 Å². The maximum absolute atomic E-state index is 13.5. The molecule has 8 nitrogen and oxygen atoms in total. The van der Waals surface area contributed by atoms with E-state index in [-0.39, 0.29) is 53.1 Å². The lowest BCUT2D eigenvalue weighted by Crippen LogP contribution is -2.64. The summed E-state index contributed by atoms with van der Waals surface area (Å²) in [6.07, 6.45) is 3.40. The molecule has 8 unspecified atom stereocenters. The normalized spacial score (nSPS) is 36.7. The lowest BCUT2D eigenvalue weighted by molar-refractivity contribution is -0.209. The molecule has 9 heteroatoms. The number of nitrogens with two attached hydrogens (primary N) is 2. The van der Waals surface area contributed by atoms with Crippen LogP contribution in [-0.4, -0.2) is 60.4 Å². The predicted octanol–water partition coefficient (Wildman–Crippen LogP) is 3.47. The maximum atomic E-state index is 13.5. The fourth-order valence-electron chi connectivity index (χ4n) is 8.17. The molecule has 2 bridgehead atoms. The summed E-state index contributed by atoms with van der Waals surface area (Å²) < 4.78 is 6.32. The fraction of sp³-hybridized carbons (Fsp3) is 0.719. The minimum atomic E-state index is -0.685. The number of ketones is 1. The summed E-state index contributed by atoms with van der Waals surface area (Å²) in [6, 6.07) is 7.62. The Morgan fingerprint density at radius 1 is 1.15 bits per heavy atom. The number of hydrogen-bond donors (Lipinski definition) is 4. The Morgan fingerprint density at radius 2 is 1.85 bits per heavy atom. The molecule has 3 saturated carbocycles. The Labute approximate surface area is 249 Å². The van der Waals surface area contributed by atoms with E-state index >= 15 is 0 Å². The number of nitrogens with one attached hydrogen (secondary N) is 1. The highest BCUT2D eigenvalue weighted by Gasteiger charge is 2.68. The number of aliphatic hydroxyl groups is 1. The minimum Gasteiger partial charge on any atom is -0.461 e. The van der Waals surface area contributed by atoms with Gasteiger partial charge in [-0.2, -0.15) is 0 Å². The predicted molar refractivity (Wildman–Crippen MR) is 161 cm³/mol. The van der Waals surface area contributed by atoms with Gasteiger partial charge in [0.15, 0.2) is 0 Å². The number of aliphatic hydroxyl groups excluding tert-OH is 1. The molecule has 41 heavy (non-hydrogen) atoms. The van der Waals surface area contributed by atoms with Gasteiger partial charge in [0.25, 0.3) is 0 Å². The van der Waals surface area contributed by atoms with E-state index in [4.69, 9.17) is 16.2 Å². The summed E-state index contributed by atoms with van der Waals surface area (Å²) in [7, 11) is 0. The van der Waals surface area contributed by atoms with Crippen LogP contribution in [0.5, 0.6) is 0 Å². The van der Waals surface area contributed by atoms with Crippen molar-refractivity contribution in [2.24, 2.45) is 45.5 Å². The van der Waals surface area contributed by atoms with Crippen molar-refractivity contribution in [1.82, 2.24) is 5.32 Å². The van der Waals surface area contributed by atoms with Gasteiger partial charge in [0.2, 0.25) is 5.91 Å². The standard InChI is InChI=1S/C32H49N3O5S/c1-20-10-12-32-13-11-24(36)28(32)31(20,4)25(17-30(3,19-34)29(39)21(32)2)40-27(38)18-41-23-8-6-22(7-9-23)16-26(37)35-15-5-14-33/h6-9,20-21,25,28-29,39H,5,10-19,33-34H2,1-4H3,(H,35,37). The Morgan fingerprint density at radius 3 is 2.51 bits per heavy atom. The molecule has 3 aliphatic carbocycles. The Bertz CT molecular complexity index is 1120. The van der Waals surface area contributed by atoms with Crippen LogP contribution in [0.15, 0.2) is 29.2 Å². The second kappa shape index (κ2) is 12.7. The third-order valence-electron chi connectivity index (χ3n) is 11.0. The second-order valence-corrected chi connectivity index (χ2v) is 14.4. The SMILES string of the molecule is CC1C(O)C(C)(CN)CC(OC(=O)CSc2ccc(CC(=O)NCCCN)cc2)C2(C)C(C)CCC13CCC(=O)C32. The number of ether oxygens (including phenoxy) is 1. The van der Waals surface area contributed by atoms with E-state index in [1.165, 1.54) is 11.8 Å². The summed E-state index contributed by atoms with van der Waals surface area (Å²) >= 11 is 1.39. The van der Waals surface area contributed by atoms with Crippen LogP contribution in [0.1, 0.15) is 71.8 Å². The van der Waals surface area contributed by atoms with E-state index in [1.54, 1.807) is 0 Å². The van der Waals surface area contributed by atoms with Crippen molar-refractivity contribution in [3.05, 3.63) is 29.8 Å². The molecule has 228 valence electrons. The van der Waals surface area contributed by atoms with Gasteiger partial charge in [-0.15, -0.1) is 11.8 Å². The number of amides is 1. The number of carbonyl (C=O) groups excluding carboxylic acids is 3. The minimum absolute atomic E-state index is 0.0409. The van der Waals surface area contributed by atoms with Crippen molar-refractivity contribution in [3.63, 3.8) is 0 Å². The molecular weight excluding hydrogens is 538 g/mol. The molecule has 0 spiro atoms. The van der Waals surface area contributed by atoms with Crippen molar-refractivity contribution in [3.8, 4) is 0 Å². The second-order valence-electron chi connectivity index (χ2n) is 13.3. The number of benzene rings is 1. The molecule has 0 aromatic heterocycles. The van der Waals surface area contributed by atoms with Crippen LogP contribution in [0.2, 0.25) is 0 Å². The van der Waals surface area contributed by atoms with E-state index < -0.39 is 23.0 Å². The van der Waals surface area contributed by atoms with Gasteiger partial charge in [-0.3, -0.25) is 14.4 Å². The summed E-state index contributed by atoms with van der Waals surface area (Å²) in [5.74, 6) is -0.109. The number of carbonyl (C=O) groups is 3. The van der Waals surface area contributed by atoms with E-state index in [9.17, 15) is 19.5 Å². The number of esters is 1. The quantitative estimate of drug-likeness (QED) is 0.185. The molecule has 1 amide bonds. The van der Waals surface area contributed by atoms with E-state index in [2.05, 4.69) is 26.1 Å². The average Bonchev–Trinajstić information content (AvgIpc) is 3.31. The van der Waals surface area contributed by atoms with Gasteiger partial charge in [-0.05, 0) is 73.6 Å². The summed E-state index contributed by atoms with van der Waals surface area (Å²) in [5, 5.41) is 14.5. The maximum Gasteiger partial charge on any atom is 0.316 e. The molecule has 3 fully saturated rings. The fourth-order valence-corrected chi connectivity index (χ4v) is 8.86. The highest BCUT2D eigenvalue weighted by Crippen LogP contribution is 2.67. The van der Waals surface area contributed by atoms with Crippen LogP contribution in [0, 0.1) is 34.0 Å². The van der Waals surface area contributed by atoms with Gasteiger partial charge >= 0.3 is 5.97 Å². The number of Topliss-reactive ketones (excluding diaryl/α,β-unsaturated/α-hetero) is 1. The molecule has 1 aromatic carbocycles. The van der Waals surface area contributed by atoms with Gasteiger partial charge in [-0.25, -0.2) is 0 Å². The molecule has 6 N–H and O–H groups in total. The number of rotatable bonds is 10. The van der Waals surface area contributed by atoms with Crippen molar-refractivity contribution in [1.29, 1.82) is 0 Å². The Balaban J connectivity index is 1.48. The van der Waals surface area contributed by atoms with Crippen molar-refractivity contribution < 1.29 is 24.2 Å². The first-order valence-electron chi connectivity index (χ1n) is 15.2. The first-order chi connectivity index (χ1) is 19.4. The average molecular weight is 588 g/mol.